The third-order valence-electron chi connectivity index (χ3n) is 3.79. The number of hydrogen-bond acceptors (Lipinski definition) is 2. The van der Waals surface area contributed by atoms with E-state index >= 15 is 0 Å². The summed E-state index contributed by atoms with van der Waals surface area (Å²) in [6, 6.07) is 4.03. The molecule has 0 spiro atoms. The lowest BCUT2D eigenvalue weighted by Gasteiger charge is -2.32. The Balaban J connectivity index is 2.32. The van der Waals surface area contributed by atoms with Gasteiger partial charge in [-0.15, -0.1) is 0 Å². The smallest absolute Gasteiger partial charge is 0.207 e. The van der Waals surface area contributed by atoms with Crippen LogP contribution in [0, 0.1) is 5.82 Å². The highest BCUT2D eigenvalue weighted by atomic mass is 79.9. The van der Waals surface area contributed by atoms with Gasteiger partial charge in [0, 0.05) is 12.6 Å². The summed E-state index contributed by atoms with van der Waals surface area (Å²) in [6.45, 7) is 2.26. The third-order valence-corrected chi connectivity index (χ3v) is 6.46. The Morgan fingerprint density at radius 2 is 1.95 bits per heavy atom. The van der Waals surface area contributed by atoms with Crippen molar-refractivity contribution in [3.63, 3.8) is 0 Å². The Morgan fingerprint density at radius 3 is 2.50 bits per heavy atom. The van der Waals surface area contributed by atoms with Crippen LogP contribution in [-0.4, -0.2) is 25.3 Å². The van der Waals surface area contributed by atoms with Crippen LogP contribution < -0.4 is 0 Å². The first-order valence-corrected chi connectivity index (χ1v) is 9.17. The molecule has 6 heteroatoms. The Hall–Kier alpha value is -0.460. The average Bonchev–Trinajstić information content (AvgIpc) is 2.43. The molecule has 0 bridgehead atoms. The van der Waals surface area contributed by atoms with Crippen molar-refractivity contribution < 1.29 is 12.8 Å². The molecule has 1 aromatic carbocycles. The van der Waals surface area contributed by atoms with Crippen LogP contribution in [0.2, 0.25) is 0 Å². The topological polar surface area (TPSA) is 37.4 Å². The Morgan fingerprint density at radius 1 is 1.30 bits per heavy atom. The van der Waals surface area contributed by atoms with E-state index in [2.05, 4.69) is 15.9 Å². The molecule has 2 rings (SSSR count). The third kappa shape index (κ3) is 3.23. The molecule has 0 unspecified atom stereocenters. The average molecular weight is 364 g/mol. The van der Waals surface area contributed by atoms with Crippen LogP contribution in [0.3, 0.4) is 0 Å². The number of hydrogen-bond donors (Lipinski definition) is 0. The van der Waals surface area contributed by atoms with Gasteiger partial charge < -0.3 is 0 Å². The SMILES string of the molecule is CCN(C1CCCCC1)S(=O)(=O)c1ccc(Br)c(F)c1. The second-order valence-electron chi connectivity index (χ2n) is 5.08. The summed E-state index contributed by atoms with van der Waals surface area (Å²) in [5.41, 5.74) is 0. The molecule has 1 saturated carbocycles. The quantitative estimate of drug-likeness (QED) is 0.812. The summed E-state index contributed by atoms with van der Waals surface area (Å²) in [5, 5.41) is 0. The van der Waals surface area contributed by atoms with Crippen molar-refractivity contribution in [1.29, 1.82) is 0 Å². The highest BCUT2D eigenvalue weighted by molar-refractivity contribution is 9.10. The number of rotatable bonds is 4. The largest absolute Gasteiger partial charge is 0.243 e. The molecule has 20 heavy (non-hydrogen) atoms. The van der Waals surface area contributed by atoms with Gasteiger partial charge in [0.1, 0.15) is 5.82 Å². The van der Waals surface area contributed by atoms with E-state index in [9.17, 15) is 12.8 Å². The molecule has 0 atom stereocenters. The molecule has 1 fully saturated rings. The summed E-state index contributed by atoms with van der Waals surface area (Å²) >= 11 is 3.04. The summed E-state index contributed by atoms with van der Waals surface area (Å²) in [6.07, 6.45) is 5.08. The van der Waals surface area contributed by atoms with E-state index in [1.807, 2.05) is 6.92 Å². The maximum Gasteiger partial charge on any atom is 0.243 e. The van der Waals surface area contributed by atoms with Crippen molar-refractivity contribution in [2.75, 3.05) is 6.54 Å². The lowest BCUT2D eigenvalue weighted by Crippen LogP contribution is -2.41. The molecule has 0 heterocycles. The van der Waals surface area contributed by atoms with Crippen LogP contribution in [0.25, 0.3) is 0 Å². The molecule has 0 radical (unpaired) electrons. The van der Waals surface area contributed by atoms with Crippen molar-refractivity contribution in [2.24, 2.45) is 0 Å². The van der Waals surface area contributed by atoms with Crippen molar-refractivity contribution in [3.8, 4) is 0 Å². The first kappa shape index (κ1) is 15.9. The summed E-state index contributed by atoms with van der Waals surface area (Å²) in [5.74, 6) is -0.550. The van der Waals surface area contributed by atoms with E-state index < -0.39 is 15.8 Å². The van der Waals surface area contributed by atoms with Gasteiger partial charge >= 0.3 is 0 Å². The fourth-order valence-electron chi connectivity index (χ4n) is 2.77. The normalized spacial score (nSPS) is 17.6. The van der Waals surface area contributed by atoms with E-state index in [0.717, 1.165) is 31.7 Å². The van der Waals surface area contributed by atoms with Gasteiger partial charge in [-0.05, 0) is 47.0 Å². The molecule has 0 amide bonds. The molecule has 112 valence electrons. The zero-order chi connectivity index (χ0) is 14.8. The Labute approximate surface area is 128 Å². The number of sulfonamides is 1. The van der Waals surface area contributed by atoms with Crippen LogP contribution in [0.5, 0.6) is 0 Å². The maximum absolute atomic E-state index is 13.6. The minimum absolute atomic E-state index is 0.0330. The summed E-state index contributed by atoms with van der Waals surface area (Å²) in [7, 11) is -3.62. The molecule has 1 aromatic rings. The van der Waals surface area contributed by atoms with Crippen LogP contribution >= 0.6 is 15.9 Å². The summed E-state index contributed by atoms with van der Waals surface area (Å²) in [4.78, 5) is 0.0330. The van der Waals surface area contributed by atoms with Gasteiger partial charge in [0.25, 0.3) is 0 Å². The first-order valence-electron chi connectivity index (χ1n) is 6.93. The minimum atomic E-state index is -3.62. The zero-order valence-corrected chi connectivity index (χ0v) is 13.9. The number of halogens is 2. The fraction of sp³-hybridized carbons (Fsp3) is 0.571. The standard InChI is InChI=1S/C14H19BrFNO2S/c1-2-17(11-6-4-3-5-7-11)20(18,19)12-8-9-13(15)14(16)10-12/h8-11H,2-7H2,1H3. The number of benzene rings is 1. The molecule has 1 aliphatic rings. The molecular formula is C14H19BrFNO2S. The predicted octanol–water partition coefficient (Wildman–Crippen LogP) is 3.93. The highest BCUT2D eigenvalue weighted by Crippen LogP contribution is 2.28. The summed E-state index contributed by atoms with van der Waals surface area (Å²) < 4.78 is 40.7. The van der Waals surface area contributed by atoms with Crippen molar-refractivity contribution in [1.82, 2.24) is 4.31 Å². The molecule has 3 nitrogen and oxygen atoms in total. The lowest BCUT2D eigenvalue weighted by atomic mass is 9.95. The van der Waals surface area contributed by atoms with E-state index in [0.29, 0.717) is 6.54 Å². The van der Waals surface area contributed by atoms with Crippen LogP contribution in [0.4, 0.5) is 4.39 Å². The van der Waals surface area contributed by atoms with Crippen molar-refractivity contribution >= 4 is 26.0 Å². The molecule has 0 N–H and O–H groups in total. The van der Waals surface area contributed by atoms with Gasteiger partial charge in [-0.2, -0.15) is 4.31 Å². The van der Waals surface area contributed by atoms with Gasteiger partial charge in [0.2, 0.25) is 10.0 Å². The Kier molecular flexibility index (Phi) is 5.20. The maximum atomic E-state index is 13.6. The van der Waals surface area contributed by atoms with Crippen LogP contribution in [0.1, 0.15) is 39.0 Å². The molecular weight excluding hydrogens is 345 g/mol. The van der Waals surface area contributed by atoms with Crippen LogP contribution in [-0.2, 0) is 10.0 Å². The van der Waals surface area contributed by atoms with Gasteiger partial charge in [-0.1, -0.05) is 26.2 Å². The first-order chi connectivity index (χ1) is 9.46. The molecule has 0 saturated heterocycles. The van der Waals surface area contributed by atoms with Gasteiger partial charge in [-0.25, -0.2) is 12.8 Å². The zero-order valence-electron chi connectivity index (χ0n) is 11.5. The van der Waals surface area contributed by atoms with E-state index in [-0.39, 0.29) is 15.4 Å². The van der Waals surface area contributed by atoms with Crippen molar-refractivity contribution in [2.45, 2.75) is 50.0 Å². The molecule has 0 aliphatic heterocycles. The lowest BCUT2D eigenvalue weighted by molar-refractivity contribution is 0.261. The monoisotopic (exact) mass is 363 g/mol. The molecule has 1 aliphatic carbocycles. The molecule has 0 aromatic heterocycles. The van der Waals surface area contributed by atoms with Gasteiger partial charge in [0.15, 0.2) is 0 Å². The van der Waals surface area contributed by atoms with E-state index in [4.69, 9.17) is 0 Å². The van der Waals surface area contributed by atoms with Gasteiger partial charge in [-0.3, -0.25) is 0 Å². The fourth-order valence-corrected chi connectivity index (χ4v) is 4.72. The van der Waals surface area contributed by atoms with E-state index in [1.165, 1.54) is 22.9 Å². The van der Waals surface area contributed by atoms with Crippen molar-refractivity contribution in [3.05, 3.63) is 28.5 Å². The van der Waals surface area contributed by atoms with E-state index in [1.54, 1.807) is 0 Å². The van der Waals surface area contributed by atoms with Crippen LogP contribution in [0.15, 0.2) is 27.6 Å². The Bertz CT molecular complexity index is 571. The minimum Gasteiger partial charge on any atom is -0.207 e. The second kappa shape index (κ2) is 6.54. The number of nitrogens with zero attached hydrogens (tertiary/aromatic N) is 1. The highest BCUT2D eigenvalue weighted by Gasteiger charge is 2.31. The van der Waals surface area contributed by atoms with Gasteiger partial charge in [0.05, 0.1) is 9.37 Å². The second-order valence-corrected chi connectivity index (χ2v) is 7.82. The predicted molar refractivity (Wildman–Crippen MR) is 80.5 cm³/mol.